The van der Waals surface area contributed by atoms with Crippen molar-refractivity contribution in [3.8, 4) is 0 Å². The molecule has 6 heteroatoms. The molecule has 0 saturated carbocycles. The normalized spacial score (nSPS) is 17.5. The maximum absolute atomic E-state index is 13.1. The lowest BCUT2D eigenvalue weighted by molar-refractivity contribution is -0.138. The van der Waals surface area contributed by atoms with E-state index in [1.165, 1.54) is 12.1 Å². The smallest absolute Gasteiger partial charge is 0.416 e. The van der Waals surface area contributed by atoms with E-state index in [0.717, 1.165) is 44.8 Å². The molecule has 1 aromatic carbocycles. The summed E-state index contributed by atoms with van der Waals surface area (Å²) in [6.07, 6.45) is -0.322. The number of carbonyl (C=O) groups is 1. The second-order valence-electron chi connectivity index (χ2n) is 5.37. The van der Waals surface area contributed by atoms with Crippen molar-refractivity contribution >= 4 is 5.97 Å². The van der Waals surface area contributed by atoms with Crippen molar-refractivity contribution in [3.05, 3.63) is 34.9 Å². The van der Waals surface area contributed by atoms with Crippen molar-refractivity contribution in [1.29, 1.82) is 0 Å². The molecular formula is C15H18F3NO2. The predicted octanol–water partition coefficient (Wildman–Crippen LogP) is 3.78. The van der Waals surface area contributed by atoms with E-state index in [9.17, 15) is 18.0 Å². The molecule has 2 rings (SSSR count). The summed E-state index contributed by atoms with van der Waals surface area (Å²) in [5.41, 5.74) is -1.03. The van der Waals surface area contributed by atoms with Gasteiger partial charge in [-0.1, -0.05) is 18.9 Å². The highest BCUT2D eigenvalue weighted by atomic mass is 19.4. The maximum atomic E-state index is 13.1. The van der Waals surface area contributed by atoms with Crippen LogP contribution in [0.4, 0.5) is 13.2 Å². The fraction of sp³-hybridized carbons (Fsp3) is 0.533. The van der Waals surface area contributed by atoms with Gasteiger partial charge in [0.05, 0.1) is 11.1 Å². The van der Waals surface area contributed by atoms with Gasteiger partial charge < -0.3 is 5.11 Å². The first-order valence-electron chi connectivity index (χ1n) is 7.03. The number of nitrogens with zero attached hydrogens (tertiary/aromatic N) is 1. The Kier molecular flexibility index (Phi) is 4.88. The van der Waals surface area contributed by atoms with Crippen LogP contribution in [-0.4, -0.2) is 29.1 Å². The van der Waals surface area contributed by atoms with Crippen LogP contribution >= 0.6 is 0 Å². The lowest BCUT2D eigenvalue weighted by atomic mass is 10.0. The summed E-state index contributed by atoms with van der Waals surface area (Å²) >= 11 is 0. The van der Waals surface area contributed by atoms with Crippen molar-refractivity contribution in [2.24, 2.45) is 0 Å². The van der Waals surface area contributed by atoms with Gasteiger partial charge in [-0.05, 0) is 43.6 Å². The number of likely N-dealkylation sites (tertiary alicyclic amines) is 1. The van der Waals surface area contributed by atoms with Gasteiger partial charge >= 0.3 is 12.1 Å². The predicted molar refractivity (Wildman–Crippen MR) is 72.1 cm³/mol. The van der Waals surface area contributed by atoms with Crippen molar-refractivity contribution in [1.82, 2.24) is 4.90 Å². The number of benzene rings is 1. The SMILES string of the molecule is O=C(O)c1ccc(CN2CCCCCC2)c(C(F)(F)F)c1. The quantitative estimate of drug-likeness (QED) is 0.923. The van der Waals surface area contributed by atoms with E-state index in [0.29, 0.717) is 0 Å². The highest BCUT2D eigenvalue weighted by Crippen LogP contribution is 2.33. The van der Waals surface area contributed by atoms with E-state index in [-0.39, 0.29) is 17.7 Å². The van der Waals surface area contributed by atoms with Crippen LogP contribution in [0.2, 0.25) is 0 Å². The molecular weight excluding hydrogens is 283 g/mol. The van der Waals surface area contributed by atoms with Crippen molar-refractivity contribution < 1.29 is 23.1 Å². The topological polar surface area (TPSA) is 40.5 Å². The summed E-state index contributed by atoms with van der Waals surface area (Å²) in [4.78, 5) is 12.9. The Morgan fingerprint density at radius 2 is 1.76 bits per heavy atom. The van der Waals surface area contributed by atoms with Crippen LogP contribution < -0.4 is 0 Å². The summed E-state index contributed by atoms with van der Waals surface area (Å²) in [5, 5.41) is 8.85. The number of carboxylic acids is 1. The van der Waals surface area contributed by atoms with Gasteiger partial charge in [0.15, 0.2) is 0 Å². The molecule has 0 atom stereocenters. The molecule has 1 aliphatic rings. The molecule has 0 aromatic heterocycles. The molecule has 0 bridgehead atoms. The summed E-state index contributed by atoms with van der Waals surface area (Å²) in [6.45, 7) is 1.80. The first-order valence-corrected chi connectivity index (χ1v) is 7.03. The minimum atomic E-state index is -4.54. The van der Waals surface area contributed by atoms with Crippen LogP contribution in [0.3, 0.4) is 0 Å². The van der Waals surface area contributed by atoms with E-state index in [1.807, 2.05) is 4.90 Å². The number of carboxylic acid groups (broad SMARTS) is 1. The third-order valence-electron chi connectivity index (χ3n) is 3.75. The van der Waals surface area contributed by atoms with E-state index in [1.54, 1.807) is 0 Å². The number of aromatic carboxylic acids is 1. The zero-order chi connectivity index (χ0) is 15.5. The average molecular weight is 301 g/mol. The molecule has 0 radical (unpaired) electrons. The summed E-state index contributed by atoms with van der Waals surface area (Å²) in [6, 6.07) is 3.26. The Morgan fingerprint density at radius 1 is 1.14 bits per heavy atom. The Morgan fingerprint density at radius 3 is 2.29 bits per heavy atom. The maximum Gasteiger partial charge on any atom is 0.416 e. The largest absolute Gasteiger partial charge is 0.478 e. The van der Waals surface area contributed by atoms with Crippen LogP contribution in [0, 0.1) is 0 Å². The van der Waals surface area contributed by atoms with Gasteiger partial charge in [0, 0.05) is 6.54 Å². The second kappa shape index (κ2) is 6.47. The number of halogens is 3. The Labute approximate surface area is 121 Å². The van der Waals surface area contributed by atoms with Gasteiger partial charge in [-0.15, -0.1) is 0 Å². The molecule has 1 aromatic rings. The Bertz CT molecular complexity index is 506. The molecule has 1 heterocycles. The minimum absolute atomic E-state index is 0.148. The fourth-order valence-electron chi connectivity index (χ4n) is 2.65. The molecule has 21 heavy (non-hydrogen) atoms. The Balaban J connectivity index is 2.27. The molecule has 116 valence electrons. The van der Waals surface area contributed by atoms with E-state index in [4.69, 9.17) is 5.11 Å². The van der Waals surface area contributed by atoms with Crippen LogP contribution in [0.5, 0.6) is 0 Å². The summed E-state index contributed by atoms with van der Waals surface area (Å²) in [7, 11) is 0. The fourth-order valence-corrected chi connectivity index (χ4v) is 2.65. The second-order valence-corrected chi connectivity index (χ2v) is 5.37. The van der Waals surface area contributed by atoms with Gasteiger partial charge in [0.25, 0.3) is 0 Å². The molecule has 1 aliphatic heterocycles. The van der Waals surface area contributed by atoms with Gasteiger partial charge in [0.1, 0.15) is 0 Å². The molecule has 1 saturated heterocycles. The van der Waals surface area contributed by atoms with Crippen molar-refractivity contribution in [3.63, 3.8) is 0 Å². The standard InChI is InChI=1S/C15H18F3NO2/c16-15(17,18)13-9-11(14(20)21)5-6-12(13)10-19-7-3-1-2-4-8-19/h5-6,9H,1-4,7-8,10H2,(H,20,21). The third kappa shape index (κ3) is 4.20. The van der Waals surface area contributed by atoms with E-state index < -0.39 is 17.7 Å². The molecule has 1 N–H and O–H groups in total. The zero-order valence-corrected chi connectivity index (χ0v) is 11.6. The molecule has 0 unspecified atom stereocenters. The summed E-state index contributed by atoms with van der Waals surface area (Å²) < 4.78 is 39.3. The van der Waals surface area contributed by atoms with Crippen molar-refractivity contribution in [2.75, 3.05) is 13.1 Å². The zero-order valence-electron chi connectivity index (χ0n) is 11.6. The average Bonchev–Trinajstić information content (AvgIpc) is 2.66. The highest BCUT2D eigenvalue weighted by molar-refractivity contribution is 5.88. The first kappa shape index (κ1) is 15.8. The van der Waals surface area contributed by atoms with E-state index >= 15 is 0 Å². The number of rotatable bonds is 3. The van der Waals surface area contributed by atoms with Gasteiger partial charge in [-0.2, -0.15) is 13.2 Å². The number of hydrogen-bond acceptors (Lipinski definition) is 2. The summed E-state index contributed by atoms with van der Waals surface area (Å²) in [5.74, 6) is -1.35. The van der Waals surface area contributed by atoms with Gasteiger partial charge in [0.2, 0.25) is 0 Å². The Hall–Kier alpha value is -1.56. The van der Waals surface area contributed by atoms with Crippen LogP contribution in [0.1, 0.15) is 47.2 Å². The van der Waals surface area contributed by atoms with E-state index in [2.05, 4.69) is 0 Å². The lowest BCUT2D eigenvalue weighted by Crippen LogP contribution is -2.25. The molecule has 1 fully saturated rings. The van der Waals surface area contributed by atoms with Crippen LogP contribution in [0.25, 0.3) is 0 Å². The van der Waals surface area contributed by atoms with Gasteiger partial charge in [-0.3, -0.25) is 4.90 Å². The number of alkyl halides is 3. The molecule has 0 aliphatic carbocycles. The third-order valence-corrected chi connectivity index (χ3v) is 3.75. The first-order chi connectivity index (χ1) is 9.88. The highest BCUT2D eigenvalue weighted by Gasteiger charge is 2.34. The monoisotopic (exact) mass is 301 g/mol. The molecule has 3 nitrogen and oxygen atoms in total. The molecule has 0 amide bonds. The molecule has 0 spiro atoms. The van der Waals surface area contributed by atoms with Crippen LogP contribution in [0.15, 0.2) is 18.2 Å². The lowest BCUT2D eigenvalue weighted by Gasteiger charge is -2.22. The van der Waals surface area contributed by atoms with Gasteiger partial charge in [-0.25, -0.2) is 4.79 Å². The minimum Gasteiger partial charge on any atom is -0.478 e. The van der Waals surface area contributed by atoms with Crippen LogP contribution in [-0.2, 0) is 12.7 Å². The van der Waals surface area contributed by atoms with Crippen molar-refractivity contribution in [2.45, 2.75) is 38.4 Å². The number of hydrogen-bond donors (Lipinski definition) is 1.